The molecule has 0 fully saturated rings. The lowest BCUT2D eigenvalue weighted by Crippen LogP contribution is -2.00. The highest BCUT2D eigenvalue weighted by Gasteiger charge is 2.18. The summed E-state index contributed by atoms with van der Waals surface area (Å²) < 4.78 is 17.0. The number of rotatable bonds is 3. The molecule has 0 spiro atoms. The third-order valence-corrected chi connectivity index (χ3v) is 4.26. The van der Waals surface area contributed by atoms with Crippen LogP contribution >= 0.6 is 0 Å². The number of hydrogen-bond donors (Lipinski definition) is 1. The molecule has 3 aromatic heterocycles. The maximum absolute atomic E-state index is 13.3. The minimum atomic E-state index is -0.268. The van der Waals surface area contributed by atoms with Crippen LogP contribution in [0.3, 0.4) is 0 Å². The van der Waals surface area contributed by atoms with Gasteiger partial charge in [-0.1, -0.05) is 0 Å². The maximum Gasteiger partial charge on any atom is 0.156 e. The topological polar surface area (TPSA) is 60.0 Å². The second-order valence-corrected chi connectivity index (χ2v) is 5.82. The van der Waals surface area contributed by atoms with Crippen LogP contribution < -0.4 is 5.32 Å². The third-order valence-electron chi connectivity index (χ3n) is 4.26. The zero-order valence-electron chi connectivity index (χ0n) is 14.2. The Morgan fingerprint density at radius 3 is 2.52 bits per heavy atom. The van der Waals surface area contributed by atoms with Gasteiger partial charge in [-0.25, -0.2) is 18.9 Å². The third kappa shape index (κ3) is 2.53. The van der Waals surface area contributed by atoms with Gasteiger partial charge in [0, 0.05) is 19.7 Å². The van der Waals surface area contributed by atoms with Crippen molar-refractivity contribution >= 4 is 11.5 Å². The summed E-state index contributed by atoms with van der Waals surface area (Å²) in [6, 6.07) is 10.2. The van der Waals surface area contributed by atoms with Gasteiger partial charge >= 0.3 is 0 Å². The molecule has 0 bridgehead atoms. The van der Waals surface area contributed by atoms with Gasteiger partial charge in [-0.2, -0.15) is 5.10 Å². The van der Waals surface area contributed by atoms with E-state index in [4.69, 9.17) is 0 Å². The molecule has 1 aromatic carbocycles. The van der Waals surface area contributed by atoms with E-state index in [2.05, 4.69) is 20.4 Å². The monoisotopic (exact) mass is 336 g/mol. The van der Waals surface area contributed by atoms with Crippen LogP contribution in [0.1, 0.15) is 5.82 Å². The van der Waals surface area contributed by atoms with Crippen molar-refractivity contribution in [3.8, 4) is 22.6 Å². The Labute approximate surface area is 144 Å². The molecule has 3 heterocycles. The highest BCUT2D eigenvalue weighted by atomic mass is 19.1. The van der Waals surface area contributed by atoms with Crippen LogP contribution in [-0.4, -0.2) is 31.2 Å². The number of anilines is 1. The molecule has 25 heavy (non-hydrogen) atoms. The Balaban J connectivity index is 1.91. The van der Waals surface area contributed by atoms with Crippen molar-refractivity contribution in [1.82, 2.24) is 24.1 Å². The lowest BCUT2D eigenvalue weighted by Gasteiger charge is -2.07. The molecule has 0 atom stereocenters. The van der Waals surface area contributed by atoms with Gasteiger partial charge in [0.05, 0.1) is 17.6 Å². The number of fused-ring (bicyclic) bond motifs is 1. The van der Waals surface area contributed by atoms with E-state index >= 15 is 0 Å². The van der Waals surface area contributed by atoms with Gasteiger partial charge < -0.3 is 9.88 Å². The highest BCUT2D eigenvalue weighted by molar-refractivity contribution is 5.77. The molecule has 0 unspecified atom stereocenters. The van der Waals surface area contributed by atoms with E-state index in [9.17, 15) is 4.39 Å². The van der Waals surface area contributed by atoms with Crippen molar-refractivity contribution in [2.75, 3.05) is 12.4 Å². The Kier molecular flexibility index (Phi) is 3.49. The predicted molar refractivity (Wildman–Crippen MR) is 94.9 cm³/mol. The molecule has 0 saturated heterocycles. The summed E-state index contributed by atoms with van der Waals surface area (Å²) in [6.45, 7) is 1.94. The SMILES string of the molecule is CNc1cn2nc(-c3c(-c4ccc(F)cc4)nc(C)n3C)ccc2n1. The Bertz CT molecular complexity index is 1060. The van der Waals surface area contributed by atoms with Crippen LogP contribution in [0.4, 0.5) is 10.2 Å². The first kappa shape index (κ1) is 15.3. The summed E-state index contributed by atoms with van der Waals surface area (Å²) in [7, 11) is 3.77. The van der Waals surface area contributed by atoms with Crippen LogP contribution in [-0.2, 0) is 7.05 Å². The molecular weight excluding hydrogens is 319 g/mol. The molecule has 0 amide bonds. The lowest BCUT2D eigenvalue weighted by molar-refractivity contribution is 0.628. The maximum atomic E-state index is 13.3. The molecule has 4 rings (SSSR count). The predicted octanol–water partition coefficient (Wildman–Crippen LogP) is 3.29. The van der Waals surface area contributed by atoms with E-state index in [1.807, 2.05) is 43.9 Å². The molecule has 0 saturated carbocycles. The van der Waals surface area contributed by atoms with Crippen molar-refractivity contribution in [3.63, 3.8) is 0 Å². The summed E-state index contributed by atoms with van der Waals surface area (Å²) in [5, 5.41) is 7.68. The molecule has 126 valence electrons. The first-order valence-corrected chi connectivity index (χ1v) is 7.90. The van der Waals surface area contributed by atoms with Crippen molar-refractivity contribution < 1.29 is 4.39 Å². The van der Waals surface area contributed by atoms with E-state index in [0.29, 0.717) is 0 Å². The molecule has 0 aliphatic heterocycles. The molecular formula is C18H17FN6. The van der Waals surface area contributed by atoms with Crippen LogP contribution in [0, 0.1) is 12.7 Å². The van der Waals surface area contributed by atoms with E-state index in [1.54, 1.807) is 16.6 Å². The van der Waals surface area contributed by atoms with Gasteiger partial charge in [0.25, 0.3) is 0 Å². The summed E-state index contributed by atoms with van der Waals surface area (Å²) in [5.41, 5.74) is 4.04. The zero-order chi connectivity index (χ0) is 17.6. The van der Waals surface area contributed by atoms with Gasteiger partial charge in [-0.3, -0.25) is 0 Å². The first-order chi connectivity index (χ1) is 12.1. The van der Waals surface area contributed by atoms with Crippen molar-refractivity contribution in [2.24, 2.45) is 7.05 Å². The first-order valence-electron chi connectivity index (χ1n) is 7.90. The molecule has 7 heteroatoms. The Morgan fingerprint density at radius 1 is 1.04 bits per heavy atom. The summed E-state index contributed by atoms with van der Waals surface area (Å²) >= 11 is 0. The van der Waals surface area contributed by atoms with Crippen LogP contribution in [0.5, 0.6) is 0 Å². The number of aryl methyl sites for hydroxylation is 1. The smallest absolute Gasteiger partial charge is 0.156 e. The van der Waals surface area contributed by atoms with Gasteiger partial charge in [-0.15, -0.1) is 0 Å². The number of halogens is 1. The van der Waals surface area contributed by atoms with Gasteiger partial charge in [0.15, 0.2) is 5.65 Å². The number of benzene rings is 1. The minimum Gasteiger partial charge on any atom is -0.372 e. The second kappa shape index (κ2) is 5.70. The largest absolute Gasteiger partial charge is 0.372 e. The normalized spacial score (nSPS) is 11.2. The quantitative estimate of drug-likeness (QED) is 0.624. The van der Waals surface area contributed by atoms with E-state index in [0.717, 1.165) is 39.9 Å². The van der Waals surface area contributed by atoms with Gasteiger partial charge in [-0.05, 0) is 43.3 Å². The molecule has 1 N–H and O–H groups in total. The molecule has 0 radical (unpaired) electrons. The van der Waals surface area contributed by atoms with Gasteiger partial charge in [0.1, 0.15) is 23.2 Å². The summed E-state index contributed by atoms with van der Waals surface area (Å²) in [4.78, 5) is 9.06. The van der Waals surface area contributed by atoms with Crippen molar-refractivity contribution in [2.45, 2.75) is 6.92 Å². The fraction of sp³-hybridized carbons (Fsp3) is 0.167. The Morgan fingerprint density at radius 2 is 1.80 bits per heavy atom. The second-order valence-electron chi connectivity index (χ2n) is 5.82. The average molecular weight is 336 g/mol. The molecule has 0 aliphatic carbocycles. The van der Waals surface area contributed by atoms with Crippen molar-refractivity contribution in [3.05, 3.63) is 54.2 Å². The zero-order valence-corrected chi connectivity index (χ0v) is 14.2. The fourth-order valence-electron chi connectivity index (χ4n) is 2.84. The van der Waals surface area contributed by atoms with Crippen LogP contribution in [0.25, 0.3) is 28.3 Å². The van der Waals surface area contributed by atoms with Crippen molar-refractivity contribution in [1.29, 1.82) is 0 Å². The van der Waals surface area contributed by atoms with Crippen LogP contribution in [0.2, 0.25) is 0 Å². The molecule has 6 nitrogen and oxygen atoms in total. The van der Waals surface area contributed by atoms with E-state index in [-0.39, 0.29) is 5.82 Å². The number of aromatic nitrogens is 5. The van der Waals surface area contributed by atoms with E-state index < -0.39 is 0 Å². The van der Waals surface area contributed by atoms with E-state index in [1.165, 1.54) is 12.1 Å². The number of hydrogen-bond acceptors (Lipinski definition) is 4. The lowest BCUT2D eigenvalue weighted by atomic mass is 10.1. The van der Waals surface area contributed by atoms with Gasteiger partial charge in [0.2, 0.25) is 0 Å². The average Bonchev–Trinajstić information content (AvgIpc) is 3.16. The number of nitrogens with zero attached hydrogens (tertiary/aromatic N) is 5. The Hall–Kier alpha value is -3.22. The number of imidazole rings is 2. The standard InChI is InChI=1S/C18H17FN6/c1-11-21-17(12-4-6-13(19)7-5-12)18(24(11)3)14-8-9-16-22-15(20-2)10-25(16)23-14/h4-10,20H,1-3H3. The highest BCUT2D eigenvalue weighted by Crippen LogP contribution is 2.31. The fourth-order valence-corrected chi connectivity index (χ4v) is 2.84. The summed E-state index contributed by atoms with van der Waals surface area (Å²) in [5.74, 6) is 1.35. The minimum absolute atomic E-state index is 0.268. The van der Waals surface area contributed by atoms with Crippen LogP contribution in [0.15, 0.2) is 42.6 Å². The molecule has 0 aliphatic rings. The summed E-state index contributed by atoms with van der Waals surface area (Å²) in [6.07, 6.45) is 1.83. The number of nitrogens with one attached hydrogen (secondary N) is 1. The molecule has 4 aromatic rings.